The Hall–Kier alpha value is -2.13. The number of rotatable bonds is 5. The van der Waals surface area contributed by atoms with Crippen LogP contribution in [0.3, 0.4) is 0 Å². The van der Waals surface area contributed by atoms with Crippen LogP contribution < -0.4 is 0 Å². The lowest BCUT2D eigenvalue weighted by Crippen LogP contribution is -1.95. The molecule has 108 valence electrons. The van der Waals surface area contributed by atoms with Gasteiger partial charge in [-0.2, -0.15) is 0 Å². The van der Waals surface area contributed by atoms with Crippen molar-refractivity contribution < 1.29 is 14.3 Å². The molecule has 0 heterocycles. The Bertz CT molecular complexity index is 666. The third kappa shape index (κ3) is 4.43. The van der Waals surface area contributed by atoms with E-state index < -0.39 is 11.8 Å². The van der Waals surface area contributed by atoms with E-state index in [1.165, 1.54) is 18.2 Å². The molecule has 2 aromatic carbocycles. The predicted molar refractivity (Wildman–Crippen MR) is 81.8 cm³/mol. The van der Waals surface area contributed by atoms with Crippen LogP contribution in [-0.4, -0.2) is 11.1 Å². The first-order valence-corrected chi connectivity index (χ1v) is 6.87. The zero-order valence-electron chi connectivity index (χ0n) is 11.2. The smallest absolute Gasteiger partial charge is 0.328 e. The van der Waals surface area contributed by atoms with Gasteiger partial charge in [-0.25, -0.2) is 9.18 Å². The zero-order chi connectivity index (χ0) is 15.2. The normalized spacial score (nSPS) is 11.4. The molecule has 4 heteroatoms. The summed E-state index contributed by atoms with van der Waals surface area (Å²) in [7, 11) is 0. The summed E-state index contributed by atoms with van der Waals surface area (Å²) >= 11 is 5.64. The van der Waals surface area contributed by atoms with Crippen molar-refractivity contribution in [1.29, 1.82) is 0 Å². The van der Waals surface area contributed by atoms with E-state index in [1.54, 1.807) is 6.07 Å². The van der Waals surface area contributed by atoms with Gasteiger partial charge in [0.2, 0.25) is 0 Å². The average molecular weight is 305 g/mol. The van der Waals surface area contributed by atoms with Crippen molar-refractivity contribution in [3.8, 4) is 0 Å². The van der Waals surface area contributed by atoms with Gasteiger partial charge in [-0.15, -0.1) is 0 Å². The quantitative estimate of drug-likeness (QED) is 0.821. The van der Waals surface area contributed by atoms with Crippen molar-refractivity contribution in [2.45, 2.75) is 12.8 Å². The molecule has 0 aromatic heterocycles. The number of hydrogen-bond acceptors (Lipinski definition) is 1. The Balaban J connectivity index is 2.17. The minimum Gasteiger partial charge on any atom is -0.478 e. The summed E-state index contributed by atoms with van der Waals surface area (Å²) < 4.78 is 13.4. The highest BCUT2D eigenvalue weighted by atomic mass is 35.5. The monoisotopic (exact) mass is 304 g/mol. The number of aryl methyl sites for hydroxylation is 1. The molecule has 0 bridgehead atoms. The van der Waals surface area contributed by atoms with Crippen LogP contribution in [0.1, 0.15) is 17.5 Å². The van der Waals surface area contributed by atoms with E-state index in [9.17, 15) is 9.18 Å². The summed E-state index contributed by atoms with van der Waals surface area (Å²) in [6, 6.07) is 13.9. The van der Waals surface area contributed by atoms with Crippen LogP contribution >= 0.6 is 11.6 Å². The maximum absolute atomic E-state index is 13.4. The summed E-state index contributed by atoms with van der Waals surface area (Å²) in [5.74, 6) is -1.45. The highest BCUT2D eigenvalue weighted by Gasteiger charge is 2.06. The first-order valence-electron chi connectivity index (χ1n) is 6.49. The molecule has 0 spiro atoms. The van der Waals surface area contributed by atoms with Crippen molar-refractivity contribution >= 4 is 23.1 Å². The van der Waals surface area contributed by atoms with Gasteiger partial charge in [0, 0.05) is 6.08 Å². The highest BCUT2D eigenvalue weighted by molar-refractivity contribution is 6.30. The van der Waals surface area contributed by atoms with Crippen LogP contribution in [-0.2, 0) is 11.2 Å². The second-order valence-electron chi connectivity index (χ2n) is 4.62. The molecule has 0 aliphatic carbocycles. The van der Waals surface area contributed by atoms with E-state index in [1.807, 2.05) is 30.3 Å². The molecule has 0 fully saturated rings. The molecule has 0 saturated heterocycles. The van der Waals surface area contributed by atoms with Gasteiger partial charge in [-0.3, -0.25) is 0 Å². The van der Waals surface area contributed by atoms with Crippen LogP contribution in [0.25, 0.3) is 5.57 Å². The molecule has 1 N–H and O–H groups in total. The predicted octanol–water partition coefficient (Wildman–Crippen LogP) is 4.58. The SMILES string of the molecule is O=C(O)/C=C(\CCc1ccc(Cl)c(F)c1)c1ccccc1. The topological polar surface area (TPSA) is 37.3 Å². The van der Waals surface area contributed by atoms with Crippen LogP contribution in [0.2, 0.25) is 5.02 Å². The lowest BCUT2D eigenvalue weighted by atomic mass is 9.98. The minimum atomic E-state index is -0.990. The number of halogens is 2. The summed E-state index contributed by atoms with van der Waals surface area (Å²) in [5, 5.41) is 9.06. The van der Waals surface area contributed by atoms with Gasteiger partial charge in [0.25, 0.3) is 0 Å². The molecule has 0 atom stereocenters. The van der Waals surface area contributed by atoms with Crippen LogP contribution in [0, 0.1) is 5.82 Å². The standard InChI is InChI=1S/C17H14ClFO2/c18-15-9-7-12(10-16(15)19)6-8-14(11-17(20)21)13-4-2-1-3-5-13/h1-5,7,9-11H,6,8H2,(H,20,21)/b14-11+. The summed E-state index contributed by atoms with van der Waals surface area (Å²) in [5.41, 5.74) is 2.34. The fourth-order valence-corrected chi connectivity index (χ4v) is 2.19. The maximum Gasteiger partial charge on any atom is 0.328 e. The summed E-state index contributed by atoms with van der Waals surface area (Å²) in [4.78, 5) is 10.9. The second-order valence-corrected chi connectivity index (χ2v) is 5.03. The van der Waals surface area contributed by atoms with Crippen LogP contribution in [0.4, 0.5) is 4.39 Å². The summed E-state index contributed by atoms with van der Waals surface area (Å²) in [6.07, 6.45) is 2.25. The summed E-state index contributed by atoms with van der Waals surface area (Å²) in [6.45, 7) is 0. The third-order valence-electron chi connectivity index (χ3n) is 3.11. The molecule has 2 rings (SSSR count). The lowest BCUT2D eigenvalue weighted by molar-refractivity contribution is -0.131. The van der Waals surface area contributed by atoms with E-state index in [-0.39, 0.29) is 5.02 Å². The van der Waals surface area contributed by atoms with Gasteiger partial charge in [0.05, 0.1) is 5.02 Å². The Morgan fingerprint density at radius 3 is 2.52 bits per heavy atom. The van der Waals surface area contributed by atoms with Gasteiger partial charge in [0.15, 0.2) is 0 Å². The van der Waals surface area contributed by atoms with E-state index in [0.717, 1.165) is 11.1 Å². The molecule has 0 saturated carbocycles. The lowest BCUT2D eigenvalue weighted by Gasteiger charge is -2.08. The Morgan fingerprint density at radius 2 is 1.90 bits per heavy atom. The van der Waals surface area contributed by atoms with Crippen molar-refractivity contribution in [2.24, 2.45) is 0 Å². The minimum absolute atomic E-state index is 0.0862. The number of carbonyl (C=O) groups is 1. The number of carboxylic acids is 1. The fraction of sp³-hybridized carbons (Fsp3) is 0.118. The Kier molecular flexibility index (Phi) is 5.12. The second kappa shape index (κ2) is 7.04. The van der Waals surface area contributed by atoms with E-state index in [0.29, 0.717) is 18.4 Å². The highest BCUT2D eigenvalue weighted by Crippen LogP contribution is 2.22. The molecule has 0 aliphatic heterocycles. The van der Waals surface area contributed by atoms with Gasteiger partial charge in [-0.05, 0) is 41.7 Å². The largest absolute Gasteiger partial charge is 0.478 e. The molecule has 0 radical (unpaired) electrons. The average Bonchev–Trinajstić information content (AvgIpc) is 2.47. The van der Waals surface area contributed by atoms with Crippen LogP contribution in [0.5, 0.6) is 0 Å². The van der Waals surface area contributed by atoms with Gasteiger partial charge >= 0.3 is 5.97 Å². The molecule has 21 heavy (non-hydrogen) atoms. The van der Waals surface area contributed by atoms with Crippen molar-refractivity contribution in [3.05, 3.63) is 76.6 Å². The molecule has 0 aliphatic rings. The Labute approximate surface area is 127 Å². The maximum atomic E-state index is 13.4. The van der Waals surface area contributed by atoms with Crippen LogP contribution in [0.15, 0.2) is 54.6 Å². The first kappa shape index (κ1) is 15.3. The molecule has 0 unspecified atom stereocenters. The number of benzene rings is 2. The van der Waals surface area contributed by atoms with E-state index in [4.69, 9.17) is 16.7 Å². The van der Waals surface area contributed by atoms with Gasteiger partial charge < -0.3 is 5.11 Å². The van der Waals surface area contributed by atoms with Gasteiger partial charge in [-0.1, -0.05) is 48.0 Å². The number of aliphatic carboxylic acids is 1. The number of allylic oxidation sites excluding steroid dienone is 1. The molecule has 0 amide bonds. The first-order chi connectivity index (χ1) is 10.1. The number of hydrogen-bond donors (Lipinski definition) is 1. The van der Waals surface area contributed by atoms with Gasteiger partial charge in [0.1, 0.15) is 5.82 Å². The van der Waals surface area contributed by atoms with Crippen molar-refractivity contribution in [2.75, 3.05) is 0 Å². The fourth-order valence-electron chi connectivity index (χ4n) is 2.08. The third-order valence-corrected chi connectivity index (χ3v) is 3.42. The van der Waals surface area contributed by atoms with Crippen molar-refractivity contribution in [1.82, 2.24) is 0 Å². The van der Waals surface area contributed by atoms with E-state index in [2.05, 4.69) is 0 Å². The molecular weight excluding hydrogens is 291 g/mol. The van der Waals surface area contributed by atoms with E-state index >= 15 is 0 Å². The number of carboxylic acid groups (broad SMARTS) is 1. The Morgan fingerprint density at radius 1 is 1.19 bits per heavy atom. The van der Waals surface area contributed by atoms with Crippen molar-refractivity contribution in [3.63, 3.8) is 0 Å². The molecule has 2 nitrogen and oxygen atoms in total. The zero-order valence-corrected chi connectivity index (χ0v) is 12.0. The molecular formula is C17H14ClFO2. The molecule has 2 aromatic rings.